The van der Waals surface area contributed by atoms with Crippen molar-refractivity contribution in [2.75, 3.05) is 25.2 Å². The predicted octanol–water partition coefficient (Wildman–Crippen LogP) is 1.71. The molecule has 0 aliphatic heterocycles. The Morgan fingerprint density at radius 2 is 2.07 bits per heavy atom. The standard InChI is InChI=1S/C10H19NO2S/c1-10(2,9-11)5-4-7-14(12)8-6-13-3/h4-8H2,1-3H3. The number of ether oxygens (including phenoxy) is 1. The molecular formula is C10H19NO2S. The summed E-state index contributed by atoms with van der Waals surface area (Å²) in [6.07, 6.45) is 1.65. The molecule has 3 nitrogen and oxygen atoms in total. The molecule has 0 aliphatic carbocycles. The maximum absolute atomic E-state index is 11.3. The summed E-state index contributed by atoms with van der Waals surface area (Å²) in [7, 11) is 0.816. The Morgan fingerprint density at radius 3 is 2.57 bits per heavy atom. The van der Waals surface area contributed by atoms with E-state index in [1.807, 2.05) is 13.8 Å². The van der Waals surface area contributed by atoms with Crippen LogP contribution in [0.5, 0.6) is 0 Å². The molecule has 14 heavy (non-hydrogen) atoms. The summed E-state index contributed by atoms with van der Waals surface area (Å²) < 4.78 is 16.2. The van der Waals surface area contributed by atoms with Gasteiger partial charge in [0, 0.05) is 29.4 Å². The first-order chi connectivity index (χ1) is 6.52. The molecule has 0 bridgehead atoms. The summed E-state index contributed by atoms with van der Waals surface area (Å²) in [5.74, 6) is 1.28. The smallest absolute Gasteiger partial charge is 0.0683 e. The molecule has 0 amide bonds. The van der Waals surface area contributed by atoms with Crippen LogP contribution in [0.15, 0.2) is 0 Å². The predicted molar refractivity (Wildman–Crippen MR) is 58.4 cm³/mol. The Balaban J connectivity index is 3.55. The number of hydrogen-bond donors (Lipinski definition) is 0. The van der Waals surface area contributed by atoms with Gasteiger partial charge in [0.2, 0.25) is 0 Å². The fraction of sp³-hybridized carbons (Fsp3) is 0.900. The highest BCUT2D eigenvalue weighted by Crippen LogP contribution is 2.20. The van der Waals surface area contributed by atoms with Crippen LogP contribution in [0.2, 0.25) is 0 Å². The van der Waals surface area contributed by atoms with Crippen LogP contribution in [0, 0.1) is 16.7 Å². The zero-order chi connectivity index (χ0) is 11.0. The lowest BCUT2D eigenvalue weighted by molar-refractivity contribution is 0.218. The average molecular weight is 217 g/mol. The van der Waals surface area contributed by atoms with Gasteiger partial charge >= 0.3 is 0 Å². The number of nitrogens with zero attached hydrogens (tertiary/aromatic N) is 1. The van der Waals surface area contributed by atoms with Crippen molar-refractivity contribution in [3.05, 3.63) is 0 Å². The molecule has 0 aromatic heterocycles. The molecule has 4 heteroatoms. The molecule has 0 aromatic carbocycles. The van der Waals surface area contributed by atoms with Gasteiger partial charge < -0.3 is 4.74 Å². The second kappa shape index (κ2) is 6.97. The maximum Gasteiger partial charge on any atom is 0.0683 e. The normalized spacial score (nSPS) is 13.6. The topological polar surface area (TPSA) is 50.1 Å². The molecule has 0 spiro atoms. The summed E-state index contributed by atoms with van der Waals surface area (Å²) in [6.45, 7) is 4.37. The molecule has 0 fully saturated rings. The van der Waals surface area contributed by atoms with Crippen LogP contribution in [-0.4, -0.2) is 29.4 Å². The minimum absolute atomic E-state index is 0.286. The zero-order valence-corrected chi connectivity index (χ0v) is 10.0. The van der Waals surface area contributed by atoms with E-state index in [4.69, 9.17) is 10.00 Å². The van der Waals surface area contributed by atoms with Crippen molar-refractivity contribution in [1.82, 2.24) is 0 Å². The van der Waals surface area contributed by atoms with Gasteiger partial charge in [-0.1, -0.05) is 0 Å². The minimum Gasteiger partial charge on any atom is -0.384 e. The van der Waals surface area contributed by atoms with Gasteiger partial charge in [0.25, 0.3) is 0 Å². The maximum atomic E-state index is 11.3. The minimum atomic E-state index is -0.791. The molecule has 0 heterocycles. The second-order valence-corrected chi connectivity index (χ2v) is 5.64. The Morgan fingerprint density at radius 1 is 1.43 bits per heavy atom. The van der Waals surface area contributed by atoms with Gasteiger partial charge in [0.1, 0.15) is 0 Å². The molecule has 0 aromatic rings. The Hall–Kier alpha value is -0.400. The van der Waals surface area contributed by atoms with E-state index in [0.29, 0.717) is 18.1 Å². The fourth-order valence-electron chi connectivity index (χ4n) is 1.01. The average Bonchev–Trinajstić information content (AvgIpc) is 2.14. The number of rotatable bonds is 7. The summed E-state index contributed by atoms with van der Waals surface area (Å²) in [6, 6.07) is 2.23. The Labute approximate surface area is 88.9 Å². The van der Waals surface area contributed by atoms with E-state index >= 15 is 0 Å². The van der Waals surface area contributed by atoms with E-state index in [9.17, 15) is 4.21 Å². The number of hydrogen-bond acceptors (Lipinski definition) is 3. The number of nitriles is 1. The van der Waals surface area contributed by atoms with Crippen molar-refractivity contribution in [1.29, 1.82) is 5.26 Å². The van der Waals surface area contributed by atoms with Gasteiger partial charge in [-0.2, -0.15) is 5.26 Å². The van der Waals surface area contributed by atoms with Gasteiger partial charge in [-0.05, 0) is 26.7 Å². The van der Waals surface area contributed by atoms with Crippen molar-refractivity contribution in [3.8, 4) is 6.07 Å². The monoisotopic (exact) mass is 217 g/mol. The van der Waals surface area contributed by atoms with Crippen molar-refractivity contribution >= 4 is 10.8 Å². The third kappa shape index (κ3) is 7.05. The van der Waals surface area contributed by atoms with Gasteiger partial charge in [-0.15, -0.1) is 0 Å². The molecular weight excluding hydrogens is 198 g/mol. The van der Waals surface area contributed by atoms with E-state index in [1.54, 1.807) is 7.11 Å². The lowest BCUT2D eigenvalue weighted by atomic mass is 9.90. The van der Waals surface area contributed by atoms with Crippen LogP contribution < -0.4 is 0 Å². The molecule has 0 rings (SSSR count). The van der Waals surface area contributed by atoms with E-state index in [-0.39, 0.29) is 5.41 Å². The molecule has 0 saturated heterocycles. The lowest BCUT2D eigenvalue weighted by Crippen LogP contribution is -2.12. The summed E-state index contributed by atoms with van der Waals surface area (Å²) in [4.78, 5) is 0. The fourth-order valence-corrected chi connectivity index (χ4v) is 2.03. The van der Waals surface area contributed by atoms with Crippen LogP contribution in [0.4, 0.5) is 0 Å². The summed E-state index contributed by atoms with van der Waals surface area (Å²) in [5, 5.41) is 8.75. The highest BCUT2D eigenvalue weighted by Gasteiger charge is 2.16. The van der Waals surface area contributed by atoms with Crippen LogP contribution in [0.3, 0.4) is 0 Å². The second-order valence-electron chi connectivity index (χ2n) is 3.94. The molecule has 0 saturated carbocycles. The third-order valence-corrected chi connectivity index (χ3v) is 3.36. The third-order valence-electron chi connectivity index (χ3n) is 1.99. The Kier molecular flexibility index (Phi) is 6.77. The van der Waals surface area contributed by atoms with Crippen molar-refractivity contribution in [2.45, 2.75) is 26.7 Å². The first-order valence-electron chi connectivity index (χ1n) is 4.77. The van der Waals surface area contributed by atoms with Crippen molar-refractivity contribution in [3.63, 3.8) is 0 Å². The first-order valence-corrected chi connectivity index (χ1v) is 6.26. The van der Waals surface area contributed by atoms with Crippen LogP contribution in [0.1, 0.15) is 26.7 Å². The van der Waals surface area contributed by atoms with Gasteiger partial charge in [-0.3, -0.25) is 4.21 Å². The van der Waals surface area contributed by atoms with Crippen LogP contribution in [-0.2, 0) is 15.5 Å². The largest absolute Gasteiger partial charge is 0.384 e. The van der Waals surface area contributed by atoms with E-state index in [0.717, 1.165) is 12.8 Å². The van der Waals surface area contributed by atoms with Crippen LogP contribution in [0.25, 0.3) is 0 Å². The highest BCUT2D eigenvalue weighted by atomic mass is 32.2. The van der Waals surface area contributed by atoms with Gasteiger partial charge in [0.15, 0.2) is 0 Å². The van der Waals surface area contributed by atoms with Crippen LogP contribution >= 0.6 is 0 Å². The van der Waals surface area contributed by atoms with Crippen molar-refractivity contribution < 1.29 is 8.95 Å². The molecule has 0 aliphatic rings. The quantitative estimate of drug-likeness (QED) is 0.652. The van der Waals surface area contributed by atoms with E-state index < -0.39 is 10.8 Å². The van der Waals surface area contributed by atoms with Crippen molar-refractivity contribution in [2.24, 2.45) is 5.41 Å². The lowest BCUT2D eigenvalue weighted by Gasteiger charge is -2.13. The highest BCUT2D eigenvalue weighted by molar-refractivity contribution is 7.84. The molecule has 1 unspecified atom stereocenters. The number of methoxy groups -OCH3 is 1. The first kappa shape index (κ1) is 13.6. The zero-order valence-electron chi connectivity index (χ0n) is 9.21. The van der Waals surface area contributed by atoms with Gasteiger partial charge in [-0.25, -0.2) is 0 Å². The SMILES string of the molecule is COCCS(=O)CCCC(C)(C)C#N. The summed E-state index contributed by atoms with van der Waals surface area (Å²) in [5.41, 5.74) is -0.286. The molecule has 1 atom stereocenters. The molecule has 82 valence electrons. The van der Waals surface area contributed by atoms with E-state index in [1.165, 1.54) is 0 Å². The van der Waals surface area contributed by atoms with Gasteiger partial charge in [0.05, 0.1) is 18.1 Å². The molecule has 0 radical (unpaired) electrons. The summed E-state index contributed by atoms with van der Waals surface area (Å²) >= 11 is 0. The Bertz CT molecular complexity index is 221. The molecule has 0 N–H and O–H groups in total. The van der Waals surface area contributed by atoms with E-state index in [2.05, 4.69) is 6.07 Å².